The van der Waals surface area contributed by atoms with Gasteiger partial charge in [-0.25, -0.2) is 4.98 Å². The smallest absolute Gasteiger partial charge is 0.273 e. The van der Waals surface area contributed by atoms with Gasteiger partial charge in [0.05, 0.1) is 7.11 Å². The molecular formula is C25H25N3O5. The highest BCUT2D eigenvalue weighted by atomic mass is 16.5. The Balaban J connectivity index is 1.47. The first kappa shape index (κ1) is 22.1. The van der Waals surface area contributed by atoms with Gasteiger partial charge in [0.15, 0.2) is 22.9 Å². The second-order valence-electron chi connectivity index (χ2n) is 7.76. The van der Waals surface area contributed by atoms with E-state index in [9.17, 15) is 14.7 Å². The van der Waals surface area contributed by atoms with E-state index in [-0.39, 0.29) is 29.3 Å². The standard InChI is InChI=1S/C25H25N3O5/c1-26-25(31)23-22(4-3-11-27-23)33-19-9-6-15-5-8-18(12-17(15)13-19)28-24(30)16-7-10-21(32-2)20(29)14-16/h3-4,6-7,9-11,13-14,18,29H,5,8,12H2,1-2H3,(H,26,31)(H,28,30). The molecule has 1 aliphatic carbocycles. The van der Waals surface area contributed by atoms with Crippen LogP contribution < -0.4 is 20.1 Å². The highest BCUT2D eigenvalue weighted by molar-refractivity contribution is 5.95. The fourth-order valence-corrected chi connectivity index (χ4v) is 3.91. The largest absolute Gasteiger partial charge is 0.504 e. The average Bonchev–Trinajstić information content (AvgIpc) is 2.83. The normalized spacial score (nSPS) is 14.7. The number of aryl methyl sites for hydroxylation is 1. The topological polar surface area (TPSA) is 110 Å². The molecule has 2 amide bonds. The van der Waals surface area contributed by atoms with Crippen molar-refractivity contribution >= 4 is 11.8 Å². The number of amides is 2. The summed E-state index contributed by atoms with van der Waals surface area (Å²) in [5, 5.41) is 15.6. The van der Waals surface area contributed by atoms with Crippen LogP contribution in [-0.2, 0) is 12.8 Å². The van der Waals surface area contributed by atoms with E-state index >= 15 is 0 Å². The second kappa shape index (κ2) is 9.60. The number of nitrogens with zero attached hydrogens (tertiary/aromatic N) is 1. The van der Waals surface area contributed by atoms with Crippen LogP contribution in [0.4, 0.5) is 0 Å². The Kier molecular flexibility index (Phi) is 6.44. The molecule has 0 spiro atoms. The number of phenols is 1. The van der Waals surface area contributed by atoms with E-state index in [0.29, 0.717) is 29.2 Å². The van der Waals surface area contributed by atoms with Crippen LogP contribution in [0.5, 0.6) is 23.0 Å². The Morgan fingerprint density at radius 1 is 1.06 bits per heavy atom. The number of hydrogen-bond acceptors (Lipinski definition) is 6. The number of hydrogen-bond donors (Lipinski definition) is 3. The van der Waals surface area contributed by atoms with Crippen LogP contribution in [-0.4, -0.2) is 42.1 Å². The molecule has 0 fully saturated rings. The lowest BCUT2D eigenvalue weighted by Gasteiger charge is -2.26. The number of pyridine rings is 1. The molecule has 0 saturated heterocycles. The highest BCUT2D eigenvalue weighted by Gasteiger charge is 2.22. The maximum absolute atomic E-state index is 12.7. The first-order chi connectivity index (χ1) is 16.0. The summed E-state index contributed by atoms with van der Waals surface area (Å²) in [6.07, 6.45) is 3.82. The fourth-order valence-electron chi connectivity index (χ4n) is 3.91. The first-order valence-electron chi connectivity index (χ1n) is 10.6. The Labute approximate surface area is 191 Å². The number of phenolic OH excluding ortho intramolecular Hbond substituents is 1. The van der Waals surface area contributed by atoms with Crippen LogP contribution >= 0.6 is 0 Å². The van der Waals surface area contributed by atoms with Gasteiger partial charge in [0.2, 0.25) is 0 Å². The molecule has 3 aromatic rings. The lowest BCUT2D eigenvalue weighted by molar-refractivity contribution is 0.0930. The summed E-state index contributed by atoms with van der Waals surface area (Å²) in [4.78, 5) is 28.9. The predicted molar refractivity (Wildman–Crippen MR) is 122 cm³/mol. The SMILES string of the molecule is CNC(=O)c1ncccc1Oc1ccc2c(c1)CC(NC(=O)c1ccc(OC)c(O)c1)CC2. The van der Waals surface area contributed by atoms with Crippen molar-refractivity contribution in [1.29, 1.82) is 0 Å². The summed E-state index contributed by atoms with van der Waals surface area (Å²) in [6, 6.07) is 13.8. The molecule has 3 N–H and O–H groups in total. The number of carbonyl (C=O) groups is 2. The minimum atomic E-state index is -0.323. The molecule has 0 radical (unpaired) electrons. The Hall–Kier alpha value is -4.07. The summed E-state index contributed by atoms with van der Waals surface area (Å²) < 4.78 is 11.0. The first-order valence-corrected chi connectivity index (χ1v) is 10.6. The molecule has 0 aliphatic heterocycles. The summed E-state index contributed by atoms with van der Waals surface area (Å²) in [7, 11) is 3.00. The third-order valence-electron chi connectivity index (χ3n) is 5.62. The molecule has 0 bridgehead atoms. The van der Waals surface area contributed by atoms with Crippen molar-refractivity contribution in [2.75, 3.05) is 14.2 Å². The molecule has 33 heavy (non-hydrogen) atoms. The minimum Gasteiger partial charge on any atom is -0.504 e. The van der Waals surface area contributed by atoms with Crippen LogP contribution in [0, 0.1) is 0 Å². The van der Waals surface area contributed by atoms with E-state index in [1.807, 2.05) is 18.2 Å². The van der Waals surface area contributed by atoms with E-state index in [0.717, 1.165) is 18.4 Å². The Morgan fingerprint density at radius 3 is 2.67 bits per heavy atom. The predicted octanol–water partition coefficient (Wildman–Crippen LogP) is 3.24. The molecule has 1 unspecified atom stereocenters. The summed E-state index contributed by atoms with van der Waals surface area (Å²) in [5.74, 6) is 0.636. The molecule has 2 aromatic carbocycles. The van der Waals surface area contributed by atoms with Crippen LogP contribution in [0.2, 0.25) is 0 Å². The van der Waals surface area contributed by atoms with Gasteiger partial charge in [-0.1, -0.05) is 6.07 Å². The van der Waals surface area contributed by atoms with Gasteiger partial charge in [0, 0.05) is 24.8 Å². The summed E-state index contributed by atoms with van der Waals surface area (Å²) in [6.45, 7) is 0. The zero-order chi connectivity index (χ0) is 23.4. The van der Waals surface area contributed by atoms with Gasteiger partial charge in [-0.3, -0.25) is 9.59 Å². The van der Waals surface area contributed by atoms with Gasteiger partial charge in [0.1, 0.15) is 5.75 Å². The van der Waals surface area contributed by atoms with Gasteiger partial charge in [-0.15, -0.1) is 0 Å². The average molecular weight is 447 g/mol. The zero-order valence-corrected chi connectivity index (χ0v) is 18.4. The number of fused-ring (bicyclic) bond motifs is 1. The van der Waals surface area contributed by atoms with Crippen LogP contribution in [0.1, 0.15) is 38.4 Å². The van der Waals surface area contributed by atoms with Crippen molar-refractivity contribution in [2.45, 2.75) is 25.3 Å². The zero-order valence-electron chi connectivity index (χ0n) is 18.4. The van der Waals surface area contributed by atoms with Gasteiger partial charge < -0.3 is 25.2 Å². The van der Waals surface area contributed by atoms with Crippen molar-refractivity contribution in [3.8, 4) is 23.0 Å². The number of aromatic hydroxyl groups is 1. The molecule has 1 heterocycles. The van der Waals surface area contributed by atoms with Gasteiger partial charge >= 0.3 is 0 Å². The monoisotopic (exact) mass is 447 g/mol. The third-order valence-corrected chi connectivity index (χ3v) is 5.62. The van der Waals surface area contributed by atoms with Crippen molar-refractivity contribution in [3.05, 3.63) is 77.1 Å². The third kappa shape index (κ3) is 4.90. The molecule has 170 valence electrons. The van der Waals surface area contributed by atoms with E-state index in [1.54, 1.807) is 37.5 Å². The molecular weight excluding hydrogens is 422 g/mol. The molecule has 4 rings (SSSR count). The number of carbonyl (C=O) groups excluding carboxylic acids is 2. The maximum Gasteiger partial charge on any atom is 0.273 e. The minimum absolute atomic E-state index is 0.0516. The summed E-state index contributed by atoms with van der Waals surface area (Å²) >= 11 is 0. The molecule has 1 aromatic heterocycles. The highest BCUT2D eigenvalue weighted by Crippen LogP contribution is 2.30. The van der Waals surface area contributed by atoms with Gasteiger partial charge in [-0.2, -0.15) is 0 Å². The second-order valence-corrected chi connectivity index (χ2v) is 7.76. The van der Waals surface area contributed by atoms with Crippen molar-refractivity contribution < 1.29 is 24.2 Å². The van der Waals surface area contributed by atoms with Crippen LogP contribution in [0.3, 0.4) is 0 Å². The molecule has 8 heteroatoms. The number of aromatic nitrogens is 1. The Morgan fingerprint density at radius 2 is 1.91 bits per heavy atom. The van der Waals surface area contributed by atoms with Crippen molar-refractivity contribution in [1.82, 2.24) is 15.6 Å². The molecule has 8 nitrogen and oxygen atoms in total. The number of rotatable bonds is 6. The number of benzene rings is 2. The van der Waals surface area contributed by atoms with Crippen LogP contribution in [0.15, 0.2) is 54.7 Å². The van der Waals surface area contributed by atoms with E-state index < -0.39 is 0 Å². The molecule has 1 aliphatic rings. The van der Waals surface area contributed by atoms with Crippen molar-refractivity contribution in [3.63, 3.8) is 0 Å². The van der Waals surface area contributed by atoms with E-state index in [1.165, 1.54) is 18.7 Å². The van der Waals surface area contributed by atoms with Gasteiger partial charge in [-0.05, 0) is 72.9 Å². The quantitative estimate of drug-likeness (QED) is 0.535. The Bertz CT molecular complexity index is 1190. The van der Waals surface area contributed by atoms with Crippen LogP contribution in [0.25, 0.3) is 0 Å². The fraction of sp³-hybridized carbons (Fsp3) is 0.240. The maximum atomic E-state index is 12.7. The van der Waals surface area contributed by atoms with Crippen molar-refractivity contribution in [2.24, 2.45) is 0 Å². The number of nitrogens with one attached hydrogen (secondary N) is 2. The van der Waals surface area contributed by atoms with Gasteiger partial charge in [0.25, 0.3) is 11.8 Å². The van der Waals surface area contributed by atoms with E-state index in [4.69, 9.17) is 9.47 Å². The lowest BCUT2D eigenvalue weighted by atomic mass is 9.88. The van der Waals surface area contributed by atoms with E-state index in [2.05, 4.69) is 15.6 Å². The molecule has 0 saturated carbocycles. The number of methoxy groups -OCH3 is 1. The lowest BCUT2D eigenvalue weighted by Crippen LogP contribution is -2.38. The molecule has 1 atom stereocenters. The number of ether oxygens (including phenoxy) is 2. The summed E-state index contributed by atoms with van der Waals surface area (Å²) in [5.41, 5.74) is 2.86.